The molecule has 2 rings (SSSR count). The molecule has 146 valence electrons. The highest BCUT2D eigenvalue weighted by molar-refractivity contribution is 5.97. The number of hydrogen-bond donors (Lipinski definition) is 1. The average Bonchev–Trinajstić information content (AvgIpc) is 3.09. The summed E-state index contributed by atoms with van der Waals surface area (Å²) >= 11 is 0. The monoisotopic (exact) mass is 362 g/mol. The second-order valence-electron chi connectivity index (χ2n) is 7.64. The molecule has 1 amide bonds. The van der Waals surface area contributed by atoms with Crippen LogP contribution >= 0.6 is 0 Å². The molecule has 1 fully saturated rings. The molecule has 5 nitrogen and oxygen atoms in total. The number of ether oxygens (including phenoxy) is 2. The maximum absolute atomic E-state index is 12.7. The van der Waals surface area contributed by atoms with E-state index in [0.29, 0.717) is 25.6 Å². The normalized spacial score (nSPS) is 17.3. The maximum Gasteiger partial charge on any atom is 0.256 e. The van der Waals surface area contributed by atoms with Gasteiger partial charge in [0.05, 0.1) is 0 Å². The molecular formula is C21H34N2O3. The molecule has 1 aromatic rings. The van der Waals surface area contributed by atoms with Gasteiger partial charge in [0.2, 0.25) is 0 Å². The quantitative estimate of drug-likeness (QED) is 0.685. The molecule has 0 unspecified atom stereocenters. The van der Waals surface area contributed by atoms with Crippen LogP contribution in [0.25, 0.3) is 0 Å². The topological polar surface area (TPSA) is 50.8 Å². The van der Waals surface area contributed by atoms with Gasteiger partial charge in [0.15, 0.2) is 0 Å². The van der Waals surface area contributed by atoms with Crippen molar-refractivity contribution in [3.05, 3.63) is 24.3 Å². The van der Waals surface area contributed by atoms with Gasteiger partial charge in [-0.2, -0.15) is 0 Å². The van der Waals surface area contributed by atoms with E-state index >= 15 is 0 Å². The first-order valence-corrected chi connectivity index (χ1v) is 9.83. The van der Waals surface area contributed by atoms with E-state index in [1.807, 2.05) is 38.1 Å². The number of rotatable bonds is 10. The van der Waals surface area contributed by atoms with Crippen LogP contribution in [-0.2, 0) is 9.53 Å². The lowest BCUT2D eigenvalue weighted by Crippen LogP contribution is -2.43. The number of carbonyl (C=O) groups excluding carboxylic acids is 1. The molecule has 0 saturated carbocycles. The molecule has 0 aromatic heterocycles. The van der Waals surface area contributed by atoms with Crippen molar-refractivity contribution < 1.29 is 14.3 Å². The molecule has 0 radical (unpaired) electrons. The van der Waals surface area contributed by atoms with E-state index in [1.54, 1.807) is 0 Å². The van der Waals surface area contributed by atoms with E-state index in [2.05, 4.69) is 24.1 Å². The summed E-state index contributed by atoms with van der Waals surface area (Å²) in [5.74, 6) is 1.11. The molecule has 1 N–H and O–H groups in total. The van der Waals surface area contributed by atoms with Crippen molar-refractivity contribution in [2.75, 3.05) is 38.2 Å². The molecule has 1 atom stereocenters. The van der Waals surface area contributed by atoms with Crippen LogP contribution in [0.2, 0.25) is 0 Å². The van der Waals surface area contributed by atoms with Gasteiger partial charge in [-0.05, 0) is 76.4 Å². The first-order valence-electron chi connectivity index (χ1n) is 9.83. The first kappa shape index (κ1) is 20.7. The van der Waals surface area contributed by atoms with Gasteiger partial charge in [-0.3, -0.25) is 9.69 Å². The Morgan fingerprint density at radius 3 is 2.46 bits per heavy atom. The zero-order chi connectivity index (χ0) is 19.0. The Kier molecular flexibility index (Phi) is 7.91. The van der Waals surface area contributed by atoms with Crippen molar-refractivity contribution in [2.24, 2.45) is 5.92 Å². The fourth-order valence-corrected chi connectivity index (χ4v) is 3.51. The third-order valence-electron chi connectivity index (χ3n) is 4.73. The Hall–Kier alpha value is -1.59. The van der Waals surface area contributed by atoms with Crippen LogP contribution in [0.1, 0.15) is 47.0 Å². The zero-order valence-electron chi connectivity index (χ0n) is 16.7. The highest BCUT2D eigenvalue weighted by Gasteiger charge is 2.34. The van der Waals surface area contributed by atoms with E-state index in [-0.39, 0.29) is 5.91 Å². The van der Waals surface area contributed by atoms with E-state index < -0.39 is 5.60 Å². The van der Waals surface area contributed by atoms with Gasteiger partial charge in [0.25, 0.3) is 5.91 Å². The highest BCUT2D eigenvalue weighted by Crippen LogP contribution is 2.24. The molecule has 26 heavy (non-hydrogen) atoms. The van der Waals surface area contributed by atoms with Crippen LogP contribution in [0.15, 0.2) is 24.3 Å². The van der Waals surface area contributed by atoms with Crippen LogP contribution in [0.3, 0.4) is 0 Å². The van der Waals surface area contributed by atoms with Crippen molar-refractivity contribution >= 4 is 11.6 Å². The number of amides is 1. The highest BCUT2D eigenvalue weighted by atomic mass is 16.5. The summed E-state index contributed by atoms with van der Waals surface area (Å²) in [6.45, 7) is 12.5. The van der Waals surface area contributed by atoms with E-state index in [4.69, 9.17) is 9.47 Å². The number of benzene rings is 1. The molecule has 1 aliphatic rings. The molecule has 5 heteroatoms. The lowest BCUT2D eigenvalue weighted by Gasteiger charge is -2.29. The van der Waals surface area contributed by atoms with Gasteiger partial charge < -0.3 is 14.8 Å². The van der Waals surface area contributed by atoms with Crippen molar-refractivity contribution in [1.82, 2.24) is 4.90 Å². The van der Waals surface area contributed by atoms with Gasteiger partial charge in [-0.15, -0.1) is 0 Å². The second kappa shape index (κ2) is 9.93. The molecule has 0 spiro atoms. The standard InChI is InChI=1S/C21H34N2O3/c1-5-26-21(4,16-17(2)3)20(24)22-18-8-10-19(11-9-18)25-15-14-23-12-6-7-13-23/h8-11,17H,5-7,12-16H2,1-4H3,(H,22,24)/t21-/m0/s1. The van der Waals surface area contributed by atoms with Crippen molar-refractivity contribution in [3.63, 3.8) is 0 Å². The lowest BCUT2D eigenvalue weighted by molar-refractivity contribution is -0.140. The van der Waals surface area contributed by atoms with Crippen molar-refractivity contribution in [2.45, 2.75) is 52.6 Å². The SMILES string of the molecule is CCO[C@@](C)(CC(C)C)C(=O)Nc1ccc(OCCN2CCCC2)cc1. The van der Waals surface area contributed by atoms with Gasteiger partial charge in [-0.1, -0.05) is 13.8 Å². The first-order chi connectivity index (χ1) is 12.4. The Balaban J connectivity index is 1.85. The number of carbonyl (C=O) groups is 1. The summed E-state index contributed by atoms with van der Waals surface area (Å²) in [5, 5.41) is 2.97. The van der Waals surface area contributed by atoms with Crippen molar-refractivity contribution in [1.29, 1.82) is 0 Å². The zero-order valence-corrected chi connectivity index (χ0v) is 16.7. The molecule has 1 saturated heterocycles. The third-order valence-corrected chi connectivity index (χ3v) is 4.73. The molecule has 1 heterocycles. The summed E-state index contributed by atoms with van der Waals surface area (Å²) in [6.07, 6.45) is 3.28. The molecule has 0 bridgehead atoms. The Labute approximate surface area is 158 Å². The van der Waals surface area contributed by atoms with Gasteiger partial charge in [-0.25, -0.2) is 0 Å². The number of likely N-dealkylation sites (tertiary alicyclic amines) is 1. The van der Waals surface area contributed by atoms with Crippen LogP contribution in [0, 0.1) is 5.92 Å². The van der Waals surface area contributed by atoms with Crippen LogP contribution in [0.4, 0.5) is 5.69 Å². The smallest absolute Gasteiger partial charge is 0.256 e. The average molecular weight is 363 g/mol. The molecule has 0 aliphatic carbocycles. The van der Waals surface area contributed by atoms with E-state index in [0.717, 1.165) is 18.0 Å². The van der Waals surface area contributed by atoms with E-state index in [9.17, 15) is 4.79 Å². The predicted molar refractivity (Wildman–Crippen MR) is 106 cm³/mol. The van der Waals surface area contributed by atoms with Crippen LogP contribution in [0.5, 0.6) is 5.75 Å². The predicted octanol–water partition coefficient (Wildman–Crippen LogP) is 3.94. The summed E-state index contributed by atoms with van der Waals surface area (Å²) in [6, 6.07) is 7.57. The summed E-state index contributed by atoms with van der Waals surface area (Å²) in [5.41, 5.74) is -0.0510. The van der Waals surface area contributed by atoms with Gasteiger partial charge in [0.1, 0.15) is 18.0 Å². The lowest BCUT2D eigenvalue weighted by atomic mass is 9.93. The van der Waals surface area contributed by atoms with Crippen molar-refractivity contribution in [3.8, 4) is 5.75 Å². The molecular weight excluding hydrogens is 328 g/mol. The molecule has 1 aliphatic heterocycles. The summed E-state index contributed by atoms with van der Waals surface area (Å²) in [4.78, 5) is 15.1. The minimum absolute atomic E-state index is 0.101. The van der Waals surface area contributed by atoms with Crippen LogP contribution in [-0.4, -0.2) is 49.3 Å². The van der Waals surface area contributed by atoms with Crippen LogP contribution < -0.4 is 10.1 Å². The largest absolute Gasteiger partial charge is 0.492 e. The maximum atomic E-state index is 12.7. The summed E-state index contributed by atoms with van der Waals surface area (Å²) < 4.78 is 11.6. The fourth-order valence-electron chi connectivity index (χ4n) is 3.51. The number of nitrogens with zero attached hydrogens (tertiary/aromatic N) is 1. The molecule has 1 aromatic carbocycles. The number of anilines is 1. The Morgan fingerprint density at radius 2 is 1.88 bits per heavy atom. The van der Waals surface area contributed by atoms with Gasteiger partial charge in [0, 0.05) is 18.8 Å². The minimum atomic E-state index is -0.812. The third kappa shape index (κ3) is 6.29. The minimum Gasteiger partial charge on any atom is -0.492 e. The number of nitrogens with one attached hydrogen (secondary N) is 1. The van der Waals surface area contributed by atoms with E-state index in [1.165, 1.54) is 25.9 Å². The number of hydrogen-bond acceptors (Lipinski definition) is 4. The Morgan fingerprint density at radius 1 is 1.23 bits per heavy atom. The Bertz CT molecular complexity index is 553. The second-order valence-corrected chi connectivity index (χ2v) is 7.64. The van der Waals surface area contributed by atoms with Gasteiger partial charge >= 0.3 is 0 Å². The fraction of sp³-hybridized carbons (Fsp3) is 0.667. The summed E-state index contributed by atoms with van der Waals surface area (Å²) in [7, 11) is 0.